The summed E-state index contributed by atoms with van der Waals surface area (Å²) in [6.45, 7) is 4.71. The number of hydrogen-bond donors (Lipinski definition) is 0. The number of hydrogen-bond acceptors (Lipinski definition) is 1. The molecule has 1 nitrogen and oxygen atoms in total. The quantitative estimate of drug-likeness (QED) is 0.557. The van der Waals surface area contributed by atoms with Crippen molar-refractivity contribution in [2.24, 2.45) is 29.1 Å². The van der Waals surface area contributed by atoms with Crippen LogP contribution in [0.2, 0.25) is 0 Å². The molecular formula is C12H18O. The van der Waals surface area contributed by atoms with Gasteiger partial charge in [-0.3, -0.25) is 4.79 Å². The molecule has 3 aliphatic carbocycles. The van der Waals surface area contributed by atoms with Crippen LogP contribution in [-0.4, -0.2) is 5.78 Å². The van der Waals surface area contributed by atoms with Crippen LogP contribution in [0.4, 0.5) is 0 Å². The Hall–Kier alpha value is -0.330. The maximum absolute atomic E-state index is 11.7. The largest absolute Gasteiger partial charge is 0.299 e. The first-order valence-electron chi connectivity index (χ1n) is 5.67. The number of carbonyl (C=O) groups excluding carboxylic acids is 1. The van der Waals surface area contributed by atoms with Gasteiger partial charge in [-0.15, -0.1) is 0 Å². The van der Waals surface area contributed by atoms with E-state index in [1.165, 1.54) is 19.3 Å². The van der Waals surface area contributed by atoms with Crippen LogP contribution >= 0.6 is 0 Å². The summed E-state index contributed by atoms with van der Waals surface area (Å²) in [5, 5.41) is 0. The van der Waals surface area contributed by atoms with E-state index in [1.54, 1.807) is 0 Å². The van der Waals surface area contributed by atoms with Crippen LogP contribution in [0.25, 0.3) is 0 Å². The Kier molecular flexibility index (Phi) is 1.35. The van der Waals surface area contributed by atoms with E-state index in [0.717, 1.165) is 24.2 Å². The molecule has 0 heterocycles. The molecule has 3 saturated carbocycles. The van der Waals surface area contributed by atoms with E-state index in [9.17, 15) is 4.79 Å². The lowest BCUT2D eigenvalue weighted by Gasteiger charge is -2.54. The SMILES string of the molecule is C[C@H]1CC[C@@H]2[C@H]1[C@H]1C(=O)CC[C@@]21C. The molecule has 0 bridgehead atoms. The second-order valence-electron chi connectivity index (χ2n) is 5.69. The van der Waals surface area contributed by atoms with E-state index >= 15 is 0 Å². The molecule has 0 aromatic rings. The lowest BCUT2D eigenvalue weighted by atomic mass is 9.49. The van der Waals surface area contributed by atoms with Gasteiger partial charge in [0, 0.05) is 12.3 Å². The topological polar surface area (TPSA) is 17.1 Å². The van der Waals surface area contributed by atoms with Gasteiger partial charge >= 0.3 is 0 Å². The first kappa shape index (κ1) is 8.02. The van der Waals surface area contributed by atoms with Crippen molar-refractivity contribution in [1.82, 2.24) is 0 Å². The van der Waals surface area contributed by atoms with Crippen molar-refractivity contribution in [3.63, 3.8) is 0 Å². The number of rotatable bonds is 0. The van der Waals surface area contributed by atoms with E-state index in [-0.39, 0.29) is 0 Å². The maximum atomic E-state index is 11.7. The summed E-state index contributed by atoms with van der Waals surface area (Å²) >= 11 is 0. The van der Waals surface area contributed by atoms with Crippen LogP contribution in [0, 0.1) is 29.1 Å². The van der Waals surface area contributed by atoms with Gasteiger partial charge in [0.15, 0.2) is 0 Å². The standard InChI is InChI=1S/C12H18O/c1-7-3-4-8-10(7)11-9(13)5-6-12(8,11)2/h7-8,10-11H,3-6H2,1-2H3/t7-,8+,10-,11+,12-/m0/s1. The molecule has 0 aromatic carbocycles. The molecular weight excluding hydrogens is 160 g/mol. The molecule has 13 heavy (non-hydrogen) atoms. The Morgan fingerprint density at radius 1 is 1.38 bits per heavy atom. The van der Waals surface area contributed by atoms with Crippen LogP contribution in [0.15, 0.2) is 0 Å². The summed E-state index contributed by atoms with van der Waals surface area (Å²) in [6.07, 6.45) is 4.83. The van der Waals surface area contributed by atoms with Crippen LogP contribution < -0.4 is 0 Å². The van der Waals surface area contributed by atoms with Crippen LogP contribution in [0.3, 0.4) is 0 Å². The van der Waals surface area contributed by atoms with Crippen molar-refractivity contribution in [2.75, 3.05) is 0 Å². The highest BCUT2D eigenvalue weighted by molar-refractivity contribution is 5.86. The summed E-state index contributed by atoms with van der Waals surface area (Å²) in [5.74, 6) is 3.55. The number of Topliss-reactive ketones (excluding diaryl/α,β-unsaturated/α-hetero) is 1. The second kappa shape index (κ2) is 2.18. The Morgan fingerprint density at radius 3 is 2.92 bits per heavy atom. The van der Waals surface area contributed by atoms with Crippen LogP contribution in [-0.2, 0) is 4.79 Å². The van der Waals surface area contributed by atoms with Crippen LogP contribution in [0.1, 0.15) is 39.5 Å². The van der Waals surface area contributed by atoms with Gasteiger partial charge in [0.25, 0.3) is 0 Å². The molecule has 0 unspecified atom stereocenters. The number of ketones is 1. The molecule has 0 aliphatic heterocycles. The Morgan fingerprint density at radius 2 is 2.15 bits per heavy atom. The molecule has 0 spiro atoms. The highest BCUT2D eigenvalue weighted by Crippen LogP contribution is 2.69. The summed E-state index contributed by atoms with van der Waals surface area (Å²) < 4.78 is 0. The summed E-state index contributed by atoms with van der Waals surface area (Å²) in [4.78, 5) is 11.7. The third-order valence-electron chi connectivity index (χ3n) is 5.25. The first-order chi connectivity index (χ1) is 6.14. The lowest BCUT2D eigenvalue weighted by molar-refractivity contribution is -0.140. The predicted octanol–water partition coefficient (Wildman–Crippen LogP) is 2.65. The van der Waals surface area contributed by atoms with Gasteiger partial charge in [-0.1, -0.05) is 20.3 Å². The summed E-state index contributed by atoms with van der Waals surface area (Å²) in [7, 11) is 0. The fourth-order valence-electron chi connectivity index (χ4n) is 4.58. The van der Waals surface area contributed by atoms with Crippen molar-refractivity contribution < 1.29 is 4.79 Å². The second-order valence-corrected chi connectivity index (χ2v) is 5.69. The molecule has 3 fully saturated rings. The fourth-order valence-corrected chi connectivity index (χ4v) is 4.58. The maximum Gasteiger partial charge on any atom is 0.136 e. The highest BCUT2D eigenvalue weighted by Gasteiger charge is 2.66. The molecule has 0 N–H and O–H groups in total. The Balaban J connectivity index is 1.96. The zero-order valence-electron chi connectivity index (χ0n) is 8.55. The Labute approximate surface area is 79.9 Å². The number of carbonyl (C=O) groups is 1. The zero-order valence-corrected chi connectivity index (χ0v) is 8.55. The van der Waals surface area contributed by atoms with E-state index < -0.39 is 0 Å². The fraction of sp³-hybridized carbons (Fsp3) is 0.917. The van der Waals surface area contributed by atoms with Gasteiger partial charge in [0.05, 0.1) is 0 Å². The van der Waals surface area contributed by atoms with Crippen molar-refractivity contribution in [1.29, 1.82) is 0 Å². The van der Waals surface area contributed by atoms with Crippen molar-refractivity contribution >= 4 is 5.78 Å². The monoisotopic (exact) mass is 178 g/mol. The molecule has 3 aliphatic rings. The molecule has 1 heteroatoms. The normalized spacial score (nSPS) is 58.8. The van der Waals surface area contributed by atoms with E-state index in [0.29, 0.717) is 17.1 Å². The minimum Gasteiger partial charge on any atom is -0.299 e. The van der Waals surface area contributed by atoms with Gasteiger partial charge in [-0.05, 0) is 36.0 Å². The average Bonchev–Trinajstić information content (AvgIpc) is 2.50. The predicted molar refractivity (Wildman–Crippen MR) is 51.2 cm³/mol. The van der Waals surface area contributed by atoms with Crippen LogP contribution in [0.5, 0.6) is 0 Å². The molecule has 3 rings (SSSR count). The van der Waals surface area contributed by atoms with Gasteiger partial charge in [0.2, 0.25) is 0 Å². The van der Waals surface area contributed by atoms with E-state index in [2.05, 4.69) is 13.8 Å². The zero-order chi connectivity index (χ0) is 9.22. The minimum atomic E-state index is 0.437. The smallest absolute Gasteiger partial charge is 0.136 e. The van der Waals surface area contributed by atoms with Gasteiger partial charge < -0.3 is 0 Å². The third-order valence-corrected chi connectivity index (χ3v) is 5.25. The summed E-state index contributed by atoms with van der Waals surface area (Å²) in [6, 6.07) is 0. The van der Waals surface area contributed by atoms with Gasteiger partial charge in [-0.2, -0.15) is 0 Å². The highest BCUT2D eigenvalue weighted by atomic mass is 16.1. The number of fused-ring (bicyclic) bond motifs is 4. The minimum absolute atomic E-state index is 0.437. The van der Waals surface area contributed by atoms with Crippen molar-refractivity contribution in [2.45, 2.75) is 39.5 Å². The van der Waals surface area contributed by atoms with Gasteiger partial charge in [0.1, 0.15) is 5.78 Å². The molecule has 5 atom stereocenters. The Bertz CT molecular complexity index is 270. The lowest BCUT2D eigenvalue weighted by Crippen LogP contribution is -2.53. The van der Waals surface area contributed by atoms with Crippen molar-refractivity contribution in [3.8, 4) is 0 Å². The molecule has 0 saturated heterocycles. The van der Waals surface area contributed by atoms with Crippen molar-refractivity contribution in [3.05, 3.63) is 0 Å². The van der Waals surface area contributed by atoms with E-state index in [4.69, 9.17) is 0 Å². The molecule has 0 aromatic heterocycles. The van der Waals surface area contributed by atoms with E-state index in [1.807, 2.05) is 0 Å². The van der Waals surface area contributed by atoms with Gasteiger partial charge in [-0.25, -0.2) is 0 Å². The molecule has 0 radical (unpaired) electrons. The molecule has 72 valence electrons. The average molecular weight is 178 g/mol. The molecule has 0 amide bonds. The first-order valence-corrected chi connectivity index (χ1v) is 5.67. The summed E-state index contributed by atoms with van der Waals surface area (Å²) in [5.41, 5.74) is 0.437. The third kappa shape index (κ3) is 0.730.